The van der Waals surface area contributed by atoms with Gasteiger partial charge in [0.2, 0.25) is 6.29 Å². The lowest BCUT2D eigenvalue weighted by atomic mass is 9.86. The van der Waals surface area contributed by atoms with Crippen molar-refractivity contribution in [1.29, 1.82) is 0 Å². The highest BCUT2D eigenvalue weighted by Gasteiger charge is 2.53. The van der Waals surface area contributed by atoms with E-state index in [0.29, 0.717) is 30.2 Å². The van der Waals surface area contributed by atoms with Gasteiger partial charge in [0.1, 0.15) is 80.0 Å². The molecule has 3 aromatic rings. The molecule has 12 heterocycles. The van der Waals surface area contributed by atoms with Crippen LogP contribution in [0.3, 0.4) is 0 Å². The average molecular weight is 1540 g/mol. The molecule has 2 amide bonds. The van der Waals surface area contributed by atoms with Crippen molar-refractivity contribution >= 4 is 79.5 Å². The number of alkyl halides is 3. The number of anilines is 3. The van der Waals surface area contributed by atoms with E-state index in [2.05, 4.69) is 46.0 Å². The molecule has 534 valence electrons. The van der Waals surface area contributed by atoms with Crippen LogP contribution in [0, 0.1) is 0 Å². The molecule has 0 radical (unpaired) electrons. The highest BCUT2D eigenvalue weighted by atomic mass is 127. The largest absolute Gasteiger partial charge is 1.00 e. The maximum Gasteiger partial charge on any atom is 0.446 e. The van der Waals surface area contributed by atoms with Crippen LogP contribution in [0.4, 0.5) is 40.2 Å². The van der Waals surface area contributed by atoms with Gasteiger partial charge in [0, 0.05) is 38.8 Å². The number of amides is 2. The molecule has 3 N–H and O–H groups in total. The van der Waals surface area contributed by atoms with E-state index in [1.165, 1.54) is 17.7 Å². The summed E-state index contributed by atoms with van der Waals surface area (Å²) in [4.78, 5) is 85.7. The number of nitrogen functional groups attached to an aromatic ring is 1. The Morgan fingerprint density at radius 1 is 0.579 bits per heavy atom. The smallest absolute Gasteiger partial charge is 0.446 e. The molecule has 4 spiro atoms. The highest BCUT2D eigenvalue weighted by molar-refractivity contribution is 9.10. The van der Waals surface area contributed by atoms with Crippen molar-refractivity contribution in [1.82, 2.24) is 30.1 Å². The van der Waals surface area contributed by atoms with Crippen LogP contribution >= 0.6 is 15.9 Å². The van der Waals surface area contributed by atoms with Crippen molar-refractivity contribution < 1.29 is 108 Å². The minimum absolute atomic E-state index is 0. The summed E-state index contributed by atoms with van der Waals surface area (Å²) in [5, 5.41) is 3.18. The first-order valence-electron chi connectivity index (χ1n) is 31.2. The number of aldehydes is 1. The van der Waals surface area contributed by atoms with Crippen molar-refractivity contribution in [3.8, 4) is 0 Å². The van der Waals surface area contributed by atoms with Crippen molar-refractivity contribution in [3.63, 3.8) is 0 Å². The zero-order valence-corrected chi connectivity index (χ0v) is 62.1. The molecule has 12 rings (SSSR count). The molecule has 30 heteroatoms. The first kappa shape index (κ1) is 82.0. The van der Waals surface area contributed by atoms with Crippen LogP contribution in [-0.2, 0) is 84.1 Å². The topological polar surface area (TPSA) is 283 Å². The molecule has 24 nitrogen and oxygen atoms in total. The van der Waals surface area contributed by atoms with Crippen LogP contribution in [0.25, 0.3) is 0 Å². The van der Waals surface area contributed by atoms with Crippen molar-refractivity contribution in [3.05, 3.63) is 70.6 Å². The molecule has 0 aliphatic carbocycles. The number of halogens is 5. The van der Waals surface area contributed by atoms with Crippen LogP contribution in [0.1, 0.15) is 120 Å². The lowest BCUT2D eigenvalue weighted by Gasteiger charge is -2.55. The number of likely N-dealkylation sites (tertiary alicyclic amines) is 2. The molecule has 0 atom stereocenters. The van der Waals surface area contributed by atoms with Crippen molar-refractivity contribution in [2.24, 2.45) is 0 Å². The summed E-state index contributed by atoms with van der Waals surface area (Å²) in [6, 6.07) is 17.0. The maximum absolute atomic E-state index is 11.9. The molecule has 3 aromatic heterocycles. The number of nitrogens with two attached hydrogens (primary N) is 1. The number of ether oxygens (including phenoxy) is 8. The molecule has 0 bridgehead atoms. The summed E-state index contributed by atoms with van der Waals surface area (Å²) in [7, 11) is -1.42. The molecule has 0 aromatic carbocycles. The zero-order valence-electron chi connectivity index (χ0n) is 57.5. The normalized spacial score (nSPS) is 19.1. The SMILES string of the molecule is C1CC2(CNC2)O1.CC(C)(C)OC(=O)Cc1cccc(Br)n1.CC(C)(C)OC(=O)Cc1cccc(N2CC3(CCO3)C2)n1.CC(C)(C)OC(=O)N1CC(=O)C1.CC(C)(C)OC(=O)N1CC2(CCO2)C1.C[S+](C)(C)=O.Nc1cccc(N2CC3(CCO3)C2)n1.O=CC(F)(F)F.[I-]. The number of nitrogens with one attached hydrogen (secondary N) is 1. The van der Waals surface area contributed by atoms with E-state index in [-0.39, 0.29) is 90.5 Å². The van der Waals surface area contributed by atoms with Crippen molar-refractivity contribution in [2.45, 2.75) is 173 Å². The number of rotatable bonds is 6. The third-order valence-corrected chi connectivity index (χ3v) is 14.7. The first-order valence-corrected chi connectivity index (χ1v) is 34.7. The third kappa shape index (κ3) is 29.7. The number of ketones is 1. The van der Waals surface area contributed by atoms with E-state index >= 15 is 0 Å². The summed E-state index contributed by atoms with van der Waals surface area (Å²) in [5.41, 5.74) is 5.87. The van der Waals surface area contributed by atoms with Crippen LogP contribution in [0.15, 0.2) is 59.2 Å². The number of carbonyl (C=O) groups excluding carboxylic acids is 6. The predicted octanol–water partition coefficient (Wildman–Crippen LogP) is 5.39. The summed E-state index contributed by atoms with van der Waals surface area (Å²) in [6.07, 6.45) is 3.91. The van der Waals surface area contributed by atoms with Gasteiger partial charge in [-0.15, -0.1) is 4.21 Å². The van der Waals surface area contributed by atoms with E-state index in [4.69, 9.17) is 48.4 Å². The summed E-state index contributed by atoms with van der Waals surface area (Å²) in [5.74, 6) is 2.05. The molecule has 9 fully saturated rings. The van der Waals surface area contributed by atoms with Gasteiger partial charge in [0.15, 0.2) is 5.78 Å². The van der Waals surface area contributed by atoms with Gasteiger partial charge in [0.25, 0.3) is 0 Å². The summed E-state index contributed by atoms with van der Waals surface area (Å²) < 4.78 is 84.8. The molecule has 95 heavy (non-hydrogen) atoms. The molecular weight excluding hydrogens is 1440 g/mol. The Balaban J connectivity index is 0.000000239. The number of carbonyl (C=O) groups is 6. The Kier molecular flexibility index (Phi) is 29.3. The second kappa shape index (κ2) is 33.9. The lowest BCUT2D eigenvalue weighted by molar-refractivity contribution is -0.214. The number of aromatic nitrogens is 3. The van der Waals surface area contributed by atoms with Gasteiger partial charge in [-0.25, -0.2) is 24.5 Å². The second-order valence-corrected chi connectivity index (χ2v) is 33.2. The Hall–Kier alpha value is -5.38. The van der Waals surface area contributed by atoms with Crippen molar-refractivity contribution in [2.75, 3.05) is 126 Å². The van der Waals surface area contributed by atoms with Gasteiger partial charge >= 0.3 is 30.3 Å². The number of Topliss-reactive ketones (excluding diaryl/α,β-unsaturated/α-hetero) is 1. The minimum Gasteiger partial charge on any atom is -1.00 e. The Bertz CT molecular complexity index is 3040. The minimum atomic E-state index is -4.64. The van der Waals surface area contributed by atoms with E-state index < -0.39 is 50.9 Å². The van der Waals surface area contributed by atoms with E-state index in [1.807, 2.05) is 105 Å². The van der Waals surface area contributed by atoms with Gasteiger partial charge in [-0.1, -0.05) is 18.2 Å². The standard InChI is InChI=1S/C16H22N2O3.C11H14BrNO2.C10H13N3O.C10H17NO3.C8H13NO3.C5H9NO.C3H9OS.C2HF3O.HI/c1-15(2,3)21-14(19)9-12-5-4-6-13(17-12)18-10-16(11-18)7-8-20-16;1-11(2,3)15-10(14)7-8-5-4-6-9(12)13-8;11-8-2-1-3-9(12-8)13-6-10(7-13)4-5-14-10;1-9(2,3)14-8(12)11-6-10(7-11)4-5-13-10;1-8(2,3)12-7(11)9-4-6(10)5-9;1-2-7-5(1)3-6-4-5;1-5(2,3)4;3-2(4,5)1-6;/h4-6H,7-11H2,1-3H3;4-6H,7H2,1-3H3;1-3H,4-7H2,(H2,11,12);4-7H2,1-3H3;4-5H2,1-3H3;6H,1-4H2;1-3H3;1H;1H/q;;;;;;+1;;/p-1. The van der Waals surface area contributed by atoms with Crippen LogP contribution in [-0.4, -0.2) is 223 Å². The number of pyridine rings is 3. The fourth-order valence-electron chi connectivity index (χ4n) is 9.51. The Morgan fingerprint density at radius 3 is 1.21 bits per heavy atom. The van der Waals surface area contributed by atoms with Gasteiger partial charge in [0.05, 0.1) is 119 Å². The summed E-state index contributed by atoms with van der Waals surface area (Å²) >= 11 is 3.25. The number of hydrogen-bond donors (Lipinski definition) is 2. The van der Waals surface area contributed by atoms with Gasteiger partial charge in [-0.3, -0.25) is 24.1 Å². The quantitative estimate of drug-likeness (QED) is 0.0781. The number of nitrogens with zero attached hydrogens (tertiary/aromatic N) is 7. The van der Waals surface area contributed by atoms with E-state index in [0.717, 1.165) is 100 Å². The molecule has 9 aliphatic rings. The number of hydrogen-bond acceptors (Lipinski definition) is 22. The summed E-state index contributed by atoms with van der Waals surface area (Å²) in [6.45, 7) is 33.5. The monoisotopic (exact) mass is 1540 g/mol. The average Bonchev–Trinajstić information content (AvgIpc) is 0.766. The fraction of sp³-hybridized carbons (Fsp3) is 0.677. The second-order valence-electron chi connectivity index (χ2n) is 28.9. The molecule has 0 unspecified atom stereocenters. The van der Waals surface area contributed by atoms with Gasteiger partial charge < -0.3 is 87.6 Å². The van der Waals surface area contributed by atoms with E-state index in [9.17, 15) is 41.4 Å². The van der Waals surface area contributed by atoms with Gasteiger partial charge in [-0.05, 0) is 135 Å². The molecule has 9 saturated heterocycles. The first-order chi connectivity index (χ1) is 43.3. The van der Waals surface area contributed by atoms with Gasteiger partial charge in [-0.2, -0.15) is 13.2 Å². The zero-order chi connectivity index (χ0) is 70.4. The van der Waals surface area contributed by atoms with Crippen LogP contribution < -0.4 is 44.8 Å². The Morgan fingerprint density at radius 2 is 0.916 bits per heavy atom. The van der Waals surface area contributed by atoms with E-state index in [1.54, 1.807) is 56.6 Å². The van der Waals surface area contributed by atoms with Crippen LogP contribution in [0.5, 0.6) is 0 Å². The molecular formula is C65H98BrF3IN9O15S. The highest BCUT2D eigenvalue weighted by Crippen LogP contribution is 2.40. The predicted molar refractivity (Wildman–Crippen MR) is 353 cm³/mol. The Labute approximate surface area is 583 Å². The number of esters is 2. The third-order valence-electron chi connectivity index (χ3n) is 14.3. The lowest BCUT2D eigenvalue weighted by Crippen LogP contribution is -3.00. The molecule has 9 aliphatic heterocycles. The maximum atomic E-state index is 11.9. The fourth-order valence-corrected chi connectivity index (χ4v) is 9.89. The van der Waals surface area contributed by atoms with Crippen LogP contribution in [0.2, 0.25) is 0 Å². The molecule has 0 saturated carbocycles.